The van der Waals surface area contributed by atoms with Gasteiger partial charge in [0.05, 0.1) is 6.42 Å². The molecule has 4 atom stereocenters. The van der Waals surface area contributed by atoms with Gasteiger partial charge in [-0.25, -0.2) is 0 Å². The van der Waals surface area contributed by atoms with E-state index in [4.69, 9.17) is 5.11 Å². The Labute approximate surface area is 193 Å². The van der Waals surface area contributed by atoms with Gasteiger partial charge in [-0.05, 0) is 32.6 Å². The minimum atomic E-state index is -1.34. The fourth-order valence-electron chi connectivity index (χ4n) is 3.38. The molecule has 1 aliphatic rings. The van der Waals surface area contributed by atoms with Gasteiger partial charge in [0.25, 0.3) is 0 Å². The molecule has 0 aliphatic carbocycles. The predicted octanol–water partition coefficient (Wildman–Crippen LogP) is -1.26. The number of carbonyl (C=O) groups excluding carboxylic acids is 5. The zero-order valence-corrected chi connectivity index (χ0v) is 19.8. The van der Waals surface area contributed by atoms with Crippen molar-refractivity contribution in [2.45, 2.75) is 78.0 Å². The zero-order valence-electron chi connectivity index (χ0n) is 19.8. The molecule has 0 spiro atoms. The summed E-state index contributed by atoms with van der Waals surface area (Å²) in [7, 11) is 0. The smallest absolute Gasteiger partial charge is 0.305 e. The van der Waals surface area contributed by atoms with Crippen LogP contribution in [0.5, 0.6) is 0 Å². The van der Waals surface area contributed by atoms with Gasteiger partial charge in [0.15, 0.2) is 0 Å². The van der Waals surface area contributed by atoms with Crippen LogP contribution < -0.4 is 21.3 Å². The van der Waals surface area contributed by atoms with Crippen molar-refractivity contribution < 1.29 is 33.9 Å². The molecule has 0 saturated carbocycles. The first kappa shape index (κ1) is 27.9. The third-order valence-corrected chi connectivity index (χ3v) is 5.08. The van der Waals surface area contributed by atoms with Crippen LogP contribution in [0.4, 0.5) is 0 Å². The summed E-state index contributed by atoms with van der Waals surface area (Å²) in [6.07, 6.45) is 0.563. The first-order valence-electron chi connectivity index (χ1n) is 11.0. The molecular formula is C21H35N5O7. The van der Waals surface area contributed by atoms with Crippen molar-refractivity contribution in [3.05, 3.63) is 0 Å². The molecule has 1 rings (SSSR count). The third-order valence-electron chi connectivity index (χ3n) is 5.08. The fraction of sp³-hybridized carbons (Fsp3) is 0.714. The number of rotatable bonds is 11. The Morgan fingerprint density at radius 3 is 2.09 bits per heavy atom. The van der Waals surface area contributed by atoms with Gasteiger partial charge in [-0.3, -0.25) is 28.8 Å². The van der Waals surface area contributed by atoms with Crippen LogP contribution in [0.2, 0.25) is 0 Å². The van der Waals surface area contributed by atoms with E-state index in [1.165, 1.54) is 18.7 Å². The van der Waals surface area contributed by atoms with Crippen molar-refractivity contribution in [3.8, 4) is 0 Å². The molecule has 0 unspecified atom stereocenters. The second kappa shape index (κ2) is 12.8. The van der Waals surface area contributed by atoms with Gasteiger partial charge < -0.3 is 31.3 Å². The molecule has 1 fully saturated rings. The van der Waals surface area contributed by atoms with Crippen LogP contribution in [-0.4, -0.2) is 82.8 Å². The molecule has 5 amide bonds. The number of nitrogens with one attached hydrogen (secondary N) is 4. The molecule has 0 bridgehead atoms. The van der Waals surface area contributed by atoms with Crippen molar-refractivity contribution >= 4 is 35.5 Å². The molecule has 12 nitrogen and oxygen atoms in total. The summed E-state index contributed by atoms with van der Waals surface area (Å²) in [5.74, 6) is -3.75. The predicted molar refractivity (Wildman–Crippen MR) is 118 cm³/mol. The van der Waals surface area contributed by atoms with Crippen LogP contribution in [0.1, 0.15) is 53.9 Å². The van der Waals surface area contributed by atoms with E-state index in [1.54, 1.807) is 0 Å². The molecular weight excluding hydrogens is 434 g/mol. The van der Waals surface area contributed by atoms with Crippen LogP contribution in [0.15, 0.2) is 0 Å². The number of carboxylic acids is 1. The van der Waals surface area contributed by atoms with E-state index in [1.807, 2.05) is 13.8 Å². The lowest BCUT2D eigenvalue weighted by Crippen LogP contribution is -2.57. The standard InChI is InChI=1S/C21H35N5O7/c1-11(2)10-22-20(32)16-7-6-8-26(16)21(33)13(4)24-18(30)12(3)23-19(31)15(9-17(28)29)25-14(5)27/h11-13,15-16H,6-10H2,1-5H3,(H,22,32)(H,23,31)(H,24,30)(H,25,27)(H,28,29)/t12-,13-,15-,16-/m0/s1. The van der Waals surface area contributed by atoms with E-state index in [9.17, 15) is 28.8 Å². The Balaban J connectivity index is 2.68. The summed E-state index contributed by atoms with van der Waals surface area (Å²) < 4.78 is 0. The maximum absolute atomic E-state index is 12.9. The number of nitrogens with zero attached hydrogens (tertiary/aromatic N) is 1. The first-order valence-corrected chi connectivity index (χ1v) is 11.0. The number of carbonyl (C=O) groups is 6. The minimum absolute atomic E-state index is 0.226. The van der Waals surface area contributed by atoms with Gasteiger partial charge in [-0.2, -0.15) is 0 Å². The van der Waals surface area contributed by atoms with E-state index >= 15 is 0 Å². The van der Waals surface area contributed by atoms with Gasteiger partial charge >= 0.3 is 5.97 Å². The lowest BCUT2D eigenvalue weighted by molar-refractivity contribution is -0.142. The van der Waals surface area contributed by atoms with E-state index < -0.39 is 60.2 Å². The summed E-state index contributed by atoms with van der Waals surface area (Å²) in [5.41, 5.74) is 0. The average molecular weight is 470 g/mol. The summed E-state index contributed by atoms with van der Waals surface area (Å²) in [6, 6.07) is -3.98. The first-order chi connectivity index (χ1) is 15.3. The Kier molecular flexibility index (Phi) is 10.8. The van der Waals surface area contributed by atoms with Crippen LogP contribution in [0.3, 0.4) is 0 Å². The van der Waals surface area contributed by atoms with Crippen molar-refractivity contribution in [1.29, 1.82) is 0 Å². The molecule has 5 N–H and O–H groups in total. The molecule has 1 heterocycles. The second-order valence-corrected chi connectivity index (χ2v) is 8.64. The van der Waals surface area contributed by atoms with Gasteiger partial charge in [0.1, 0.15) is 24.2 Å². The van der Waals surface area contributed by atoms with Gasteiger partial charge in [0.2, 0.25) is 29.5 Å². The minimum Gasteiger partial charge on any atom is -0.481 e. The van der Waals surface area contributed by atoms with Gasteiger partial charge in [-0.15, -0.1) is 0 Å². The van der Waals surface area contributed by atoms with Crippen molar-refractivity contribution in [2.75, 3.05) is 13.1 Å². The van der Waals surface area contributed by atoms with E-state index in [2.05, 4.69) is 21.3 Å². The highest BCUT2D eigenvalue weighted by Crippen LogP contribution is 2.18. The topological polar surface area (TPSA) is 174 Å². The summed E-state index contributed by atoms with van der Waals surface area (Å²) in [4.78, 5) is 73.7. The summed E-state index contributed by atoms with van der Waals surface area (Å²) in [5, 5.41) is 18.8. The average Bonchev–Trinajstić information content (AvgIpc) is 3.19. The second-order valence-electron chi connectivity index (χ2n) is 8.64. The number of amides is 5. The Morgan fingerprint density at radius 1 is 0.939 bits per heavy atom. The Bertz CT molecular complexity index is 754. The summed E-state index contributed by atoms with van der Waals surface area (Å²) in [6.45, 7) is 8.83. The lowest BCUT2D eigenvalue weighted by atomic mass is 10.1. The van der Waals surface area contributed by atoms with Crippen LogP contribution >= 0.6 is 0 Å². The number of hydrogen-bond donors (Lipinski definition) is 5. The van der Waals surface area contributed by atoms with Crippen LogP contribution in [0, 0.1) is 5.92 Å². The molecule has 1 aliphatic heterocycles. The molecule has 0 radical (unpaired) electrons. The molecule has 0 aromatic heterocycles. The molecule has 0 aromatic carbocycles. The number of carboxylic acid groups (broad SMARTS) is 1. The van der Waals surface area contributed by atoms with Crippen LogP contribution in [-0.2, 0) is 28.8 Å². The third kappa shape index (κ3) is 9.07. The highest BCUT2D eigenvalue weighted by Gasteiger charge is 2.36. The molecule has 186 valence electrons. The Hall–Kier alpha value is -3.18. The Morgan fingerprint density at radius 2 is 1.55 bits per heavy atom. The lowest BCUT2D eigenvalue weighted by Gasteiger charge is -2.28. The van der Waals surface area contributed by atoms with Gasteiger partial charge in [0, 0.05) is 20.0 Å². The van der Waals surface area contributed by atoms with Crippen LogP contribution in [0.25, 0.3) is 0 Å². The van der Waals surface area contributed by atoms with E-state index in [0.717, 1.165) is 6.92 Å². The van der Waals surface area contributed by atoms with E-state index in [0.29, 0.717) is 25.9 Å². The summed E-state index contributed by atoms with van der Waals surface area (Å²) >= 11 is 0. The number of aliphatic carboxylic acids is 1. The molecule has 12 heteroatoms. The highest BCUT2D eigenvalue weighted by atomic mass is 16.4. The maximum Gasteiger partial charge on any atom is 0.305 e. The monoisotopic (exact) mass is 469 g/mol. The number of likely N-dealkylation sites (tertiary alicyclic amines) is 1. The zero-order chi connectivity index (χ0) is 25.3. The largest absolute Gasteiger partial charge is 0.481 e. The SMILES string of the molecule is CC(=O)N[C@@H](CC(=O)O)C(=O)N[C@@H](C)C(=O)N[C@@H](C)C(=O)N1CCC[C@H]1C(=O)NCC(C)C. The van der Waals surface area contributed by atoms with Gasteiger partial charge in [-0.1, -0.05) is 13.8 Å². The molecule has 33 heavy (non-hydrogen) atoms. The fourth-order valence-corrected chi connectivity index (χ4v) is 3.38. The molecule has 0 aromatic rings. The van der Waals surface area contributed by atoms with E-state index in [-0.39, 0.29) is 11.8 Å². The maximum atomic E-state index is 12.9. The van der Waals surface area contributed by atoms with Crippen molar-refractivity contribution in [3.63, 3.8) is 0 Å². The number of hydrogen-bond acceptors (Lipinski definition) is 6. The molecule has 1 saturated heterocycles. The highest BCUT2D eigenvalue weighted by molar-refractivity contribution is 5.96. The quantitative estimate of drug-likeness (QED) is 0.251. The van der Waals surface area contributed by atoms with Crippen molar-refractivity contribution in [1.82, 2.24) is 26.2 Å². The normalized spacial score (nSPS) is 18.1. The van der Waals surface area contributed by atoms with Crippen molar-refractivity contribution in [2.24, 2.45) is 5.92 Å².